The number of phenolic OH excluding ortho intramolecular Hbond substituents is 1. The lowest BCUT2D eigenvalue weighted by Crippen LogP contribution is -2.33. The summed E-state index contributed by atoms with van der Waals surface area (Å²) in [7, 11) is 0. The van der Waals surface area contributed by atoms with Crippen LogP contribution in [0.2, 0.25) is 0 Å². The summed E-state index contributed by atoms with van der Waals surface area (Å²) in [6, 6.07) is 11.7. The van der Waals surface area contributed by atoms with Gasteiger partial charge in [-0.15, -0.1) is 0 Å². The highest BCUT2D eigenvalue weighted by molar-refractivity contribution is 6.01. The molecule has 1 atom stereocenters. The first-order valence-corrected chi connectivity index (χ1v) is 8.28. The van der Waals surface area contributed by atoms with Crippen molar-refractivity contribution in [2.24, 2.45) is 5.92 Å². The van der Waals surface area contributed by atoms with Gasteiger partial charge in [0.25, 0.3) is 5.91 Å². The first-order valence-electron chi connectivity index (χ1n) is 8.28. The minimum Gasteiger partial charge on any atom is -0.507 e. The monoisotopic (exact) mass is 312 g/mol. The first-order chi connectivity index (χ1) is 11.0. The summed E-state index contributed by atoms with van der Waals surface area (Å²) in [5.74, 6) is 0.330. The van der Waals surface area contributed by atoms with E-state index in [0.717, 1.165) is 30.3 Å². The van der Waals surface area contributed by atoms with Crippen LogP contribution >= 0.6 is 0 Å². The molecule has 1 fully saturated rings. The van der Waals surface area contributed by atoms with Crippen LogP contribution in [0.25, 0.3) is 10.8 Å². The number of benzene rings is 2. The number of rotatable bonds is 4. The van der Waals surface area contributed by atoms with Crippen LogP contribution in [0.4, 0.5) is 0 Å². The summed E-state index contributed by atoms with van der Waals surface area (Å²) < 4.78 is 0. The SMILES string of the molecule is CC(C)N1CCC(CNC(=O)c2cc3ccccc3cc2O)C1. The molecule has 1 aliphatic heterocycles. The van der Waals surface area contributed by atoms with Crippen molar-refractivity contribution in [2.75, 3.05) is 19.6 Å². The van der Waals surface area contributed by atoms with E-state index in [1.54, 1.807) is 12.1 Å². The summed E-state index contributed by atoms with van der Waals surface area (Å²) in [6.45, 7) is 7.19. The molecule has 2 aromatic carbocycles. The summed E-state index contributed by atoms with van der Waals surface area (Å²) in [5, 5.41) is 15.0. The molecule has 4 heteroatoms. The Hall–Kier alpha value is -2.07. The van der Waals surface area contributed by atoms with Gasteiger partial charge in [0.05, 0.1) is 5.56 Å². The zero-order valence-electron chi connectivity index (χ0n) is 13.7. The van der Waals surface area contributed by atoms with E-state index in [1.807, 2.05) is 24.3 Å². The number of nitrogens with one attached hydrogen (secondary N) is 1. The van der Waals surface area contributed by atoms with Gasteiger partial charge in [-0.2, -0.15) is 0 Å². The van der Waals surface area contributed by atoms with Gasteiger partial charge >= 0.3 is 0 Å². The number of carbonyl (C=O) groups excluding carboxylic acids is 1. The van der Waals surface area contributed by atoms with E-state index in [0.29, 0.717) is 24.1 Å². The predicted octanol–water partition coefficient (Wildman–Crippen LogP) is 3.01. The van der Waals surface area contributed by atoms with Crippen molar-refractivity contribution in [1.82, 2.24) is 10.2 Å². The molecule has 1 aliphatic rings. The second-order valence-electron chi connectivity index (χ2n) is 6.67. The Morgan fingerprint density at radius 3 is 2.65 bits per heavy atom. The van der Waals surface area contributed by atoms with Crippen molar-refractivity contribution in [1.29, 1.82) is 0 Å². The van der Waals surface area contributed by atoms with Gasteiger partial charge in [0.2, 0.25) is 0 Å². The lowest BCUT2D eigenvalue weighted by molar-refractivity contribution is 0.0944. The summed E-state index contributed by atoms with van der Waals surface area (Å²) >= 11 is 0. The molecule has 0 bridgehead atoms. The van der Waals surface area contributed by atoms with E-state index in [2.05, 4.69) is 24.1 Å². The maximum Gasteiger partial charge on any atom is 0.255 e. The number of amides is 1. The van der Waals surface area contributed by atoms with Crippen molar-refractivity contribution in [2.45, 2.75) is 26.3 Å². The third-order valence-electron chi connectivity index (χ3n) is 4.71. The average Bonchev–Trinajstić information content (AvgIpc) is 3.01. The van der Waals surface area contributed by atoms with Crippen molar-refractivity contribution in [3.63, 3.8) is 0 Å². The van der Waals surface area contributed by atoms with E-state index >= 15 is 0 Å². The fourth-order valence-corrected chi connectivity index (χ4v) is 3.24. The Balaban J connectivity index is 1.66. The highest BCUT2D eigenvalue weighted by Gasteiger charge is 2.24. The number of phenols is 1. The van der Waals surface area contributed by atoms with Gasteiger partial charge in [-0.25, -0.2) is 0 Å². The second-order valence-corrected chi connectivity index (χ2v) is 6.67. The fraction of sp³-hybridized carbons (Fsp3) is 0.421. The van der Waals surface area contributed by atoms with E-state index in [-0.39, 0.29) is 11.7 Å². The minimum absolute atomic E-state index is 0.0384. The summed E-state index contributed by atoms with van der Waals surface area (Å²) in [4.78, 5) is 14.8. The molecule has 1 unspecified atom stereocenters. The van der Waals surface area contributed by atoms with Gasteiger partial charge in [-0.05, 0) is 55.6 Å². The second kappa shape index (κ2) is 6.59. The van der Waals surface area contributed by atoms with Gasteiger partial charge in [0.15, 0.2) is 0 Å². The normalized spacial score (nSPS) is 18.7. The van der Waals surface area contributed by atoms with E-state index in [4.69, 9.17) is 0 Å². The van der Waals surface area contributed by atoms with E-state index in [1.165, 1.54) is 0 Å². The molecule has 0 radical (unpaired) electrons. The number of hydrogen-bond acceptors (Lipinski definition) is 3. The number of aromatic hydroxyl groups is 1. The van der Waals surface area contributed by atoms with Crippen LogP contribution < -0.4 is 5.32 Å². The number of likely N-dealkylation sites (tertiary alicyclic amines) is 1. The molecule has 4 nitrogen and oxygen atoms in total. The van der Waals surface area contributed by atoms with Crippen molar-refractivity contribution in [3.05, 3.63) is 42.0 Å². The molecule has 2 N–H and O–H groups in total. The zero-order valence-corrected chi connectivity index (χ0v) is 13.7. The fourth-order valence-electron chi connectivity index (χ4n) is 3.24. The van der Waals surface area contributed by atoms with Crippen LogP contribution in [0.3, 0.4) is 0 Å². The number of carbonyl (C=O) groups is 1. The van der Waals surface area contributed by atoms with Crippen molar-refractivity contribution in [3.8, 4) is 5.75 Å². The molecular weight excluding hydrogens is 288 g/mol. The summed E-state index contributed by atoms with van der Waals surface area (Å²) in [5.41, 5.74) is 0.349. The van der Waals surface area contributed by atoms with Crippen LogP contribution in [0.1, 0.15) is 30.6 Å². The molecule has 1 heterocycles. The summed E-state index contributed by atoms with van der Waals surface area (Å²) in [6.07, 6.45) is 1.11. The molecule has 1 amide bonds. The van der Waals surface area contributed by atoms with Crippen LogP contribution in [-0.2, 0) is 0 Å². The Labute approximate surface area is 137 Å². The molecular formula is C19H24N2O2. The molecule has 0 saturated carbocycles. The van der Waals surface area contributed by atoms with Gasteiger partial charge in [0.1, 0.15) is 5.75 Å². The third kappa shape index (κ3) is 3.48. The maximum absolute atomic E-state index is 12.4. The molecule has 0 aliphatic carbocycles. The average molecular weight is 312 g/mol. The number of hydrogen-bond donors (Lipinski definition) is 2. The van der Waals surface area contributed by atoms with Crippen LogP contribution in [0, 0.1) is 5.92 Å². The molecule has 3 rings (SSSR count). The molecule has 0 spiro atoms. The lowest BCUT2D eigenvalue weighted by atomic mass is 10.0. The van der Waals surface area contributed by atoms with Gasteiger partial charge in [0, 0.05) is 19.1 Å². The predicted molar refractivity (Wildman–Crippen MR) is 92.8 cm³/mol. The smallest absolute Gasteiger partial charge is 0.255 e. The van der Waals surface area contributed by atoms with Crippen LogP contribution in [0.5, 0.6) is 5.75 Å². The standard InChI is InChI=1S/C19H24N2O2/c1-13(2)21-8-7-14(12-21)11-20-19(23)17-9-15-5-3-4-6-16(15)10-18(17)22/h3-6,9-10,13-14,22H,7-8,11-12H2,1-2H3,(H,20,23). The lowest BCUT2D eigenvalue weighted by Gasteiger charge is -2.20. The maximum atomic E-state index is 12.4. The van der Waals surface area contributed by atoms with Crippen LogP contribution in [0.15, 0.2) is 36.4 Å². The molecule has 0 aromatic heterocycles. The topological polar surface area (TPSA) is 52.6 Å². The molecule has 122 valence electrons. The van der Waals surface area contributed by atoms with Crippen molar-refractivity contribution < 1.29 is 9.90 Å². The number of nitrogens with zero attached hydrogens (tertiary/aromatic N) is 1. The zero-order chi connectivity index (χ0) is 16.4. The quantitative estimate of drug-likeness (QED) is 0.912. The molecule has 23 heavy (non-hydrogen) atoms. The Kier molecular flexibility index (Phi) is 4.53. The molecule has 1 saturated heterocycles. The van der Waals surface area contributed by atoms with Gasteiger partial charge in [-0.1, -0.05) is 24.3 Å². The van der Waals surface area contributed by atoms with E-state index < -0.39 is 0 Å². The largest absolute Gasteiger partial charge is 0.507 e. The van der Waals surface area contributed by atoms with E-state index in [9.17, 15) is 9.90 Å². The highest BCUT2D eigenvalue weighted by atomic mass is 16.3. The minimum atomic E-state index is -0.198. The van der Waals surface area contributed by atoms with Gasteiger partial charge in [-0.3, -0.25) is 4.79 Å². The Bertz CT molecular complexity index is 712. The first kappa shape index (κ1) is 15.8. The Morgan fingerprint density at radius 2 is 2.00 bits per heavy atom. The Morgan fingerprint density at radius 1 is 1.30 bits per heavy atom. The third-order valence-corrected chi connectivity index (χ3v) is 4.71. The molecule has 2 aromatic rings. The number of fused-ring (bicyclic) bond motifs is 1. The van der Waals surface area contributed by atoms with Gasteiger partial charge < -0.3 is 15.3 Å². The highest BCUT2D eigenvalue weighted by Crippen LogP contribution is 2.25. The van der Waals surface area contributed by atoms with Crippen molar-refractivity contribution >= 4 is 16.7 Å². The van der Waals surface area contributed by atoms with Crippen LogP contribution in [-0.4, -0.2) is 41.6 Å².